The molecule has 9 heteroatoms. The first-order valence-corrected chi connectivity index (χ1v) is 9.33. The number of piperidine rings is 1. The van der Waals surface area contributed by atoms with Gasteiger partial charge in [-0.25, -0.2) is 8.42 Å². The molecule has 8 nitrogen and oxygen atoms in total. The Balaban J connectivity index is 1.84. The van der Waals surface area contributed by atoms with Crippen molar-refractivity contribution >= 4 is 21.9 Å². The molecule has 0 unspecified atom stereocenters. The predicted molar refractivity (Wildman–Crippen MR) is 89.9 cm³/mol. The van der Waals surface area contributed by atoms with Gasteiger partial charge in [0, 0.05) is 32.0 Å². The lowest BCUT2D eigenvalue weighted by Gasteiger charge is -2.29. The smallest absolute Gasteiger partial charge is 0.309 e. The predicted octanol–water partition coefficient (Wildman–Crippen LogP) is 0.328. The van der Waals surface area contributed by atoms with E-state index in [1.54, 1.807) is 6.07 Å². The summed E-state index contributed by atoms with van der Waals surface area (Å²) in [6.45, 7) is 3.87. The van der Waals surface area contributed by atoms with Gasteiger partial charge in [-0.05, 0) is 25.0 Å². The third kappa shape index (κ3) is 5.10. The summed E-state index contributed by atoms with van der Waals surface area (Å²) in [7, 11) is -3.60. The minimum atomic E-state index is -3.60. The molecule has 0 saturated carbocycles. The van der Waals surface area contributed by atoms with Gasteiger partial charge in [-0.2, -0.15) is 4.31 Å². The van der Waals surface area contributed by atoms with Gasteiger partial charge >= 0.3 is 5.97 Å². The van der Waals surface area contributed by atoms with Crippen molar-refractivity contribution in [1.29, 1.82) is 0 Å². The molecule has 2 heterocycles. The lowest BCUT2D eigenvalue weighted by Crippen LogP contribution is -2.41. The summed E-state index contributed by atoms with van der Waals surface area (Å²) in [5.41, 5.74) is 0. The van der Waals surface area contributed by atoms with Crippen molar-refractivity contribution in [2.75, 3.05) is 26.2 Å². The summed E-state index contributed by atoms with van der Waals surface area (Å²) in [5, 5.41) is 2.51. The van der Waals surface area contributed by atoms with Gasteiger partial charge in [-0.3, -0.25) is 14.6 Å². The highest BCUT2D eigenvalue weighted by Crippen LogP contribution is 2.24. The van der Waals surface area contributed by atoms with Crippen molar-refractivity contribution in [1.82, 2.24) is 14.6 Å². The van der Waals surface area contributed by atoms with E-state index in [0.717, 1.165) is 0 Å². The second kappa shape index (κ2) is 8.72. The number of sulfonamides is 1. The maximum atomic E-state index is 12.5. The maximum Gasteiger partial charge on any atom is 0.309 e. The van der Waals surface area contributed by atoms with Crippen LogP contribution in [0.1, 0.15) is 12.8 Å². The molecule has 1 aliphatic rings. The Bertz CT molecular complexity index is 713. The first-order chi connectivity index (χ1) is 11.9. The monoisotopic (exact) mass is 367 g/mol. The van der Waals surface area contributed by atoms with Gasteiger partial charge in [0.1, 0.15) is 4.90 Å². The maximum absolute atomic E-state index is 12.5. The van der Waals surface area contributed by atoms with Crippen LogP contribution in [0.15, 0.2) is 42.1 Å². The first kappa shape index (κ1) is 19.1. The standard InChI is InChI=1S/C16H21N3O5S/c1-2-7-18-15(20)12-24-16(21)13-5-9-19(10-6-13)25(22,23)14-4-3-8-17-11-14/h2-4,8,11,13H,1,5-7,9-10,12H2,(H,18,20). The number of carbonyl (C=O) groups is 2. The molecule has 0 bridgehead atoms. The van der Waals surface area contributed by atoms with E-state index >= 15 is 0 Å². The van der Waals surface area contributed by atoms with E-state index < -0.39 is 27.8 Å². The second-order valence-electron chi connectivity index (χ2n) is 5.57. The molecule has 0 atom stereocenters. The van der Waals surface area contributed by atoms with E-state index in [4.69, 9.17) is 4.74 Å². The van der Waals surface area contributed by atoms with Gasteiger partial charge in [-0.15, -0.1) is 6.58 Å². The van der Waals surface area contributed by atoms with Crippen LogP contribution >= 0.6 is 0 Å². The van der Waals surface area contributed by atoms with E-state index in [1.165, 1.54) is 28.8 Å². The average molecular weight is 367 g/mol. The molecule has 1 aliphatic heterocycles. The number of nitrogens with one attached hydrogen (secondary N) is 1. The van der Waals surface area contributed by atoms with Gasteiger partial charge in [0.25, 0.3) is 5.91 Å². The summed E-state index contributed by atoms with van der Waals surface area (Å²) in [6, 6.07) is 3.05. The SMILES string of the molecule is C=CCNC(=O)COC(=O)C1CCN(S(=O)(=O)c2cccnc2)CC1. The number of ether oxygens (including phenoxy) is 1. The van der Waals surface area contributed by atoms with Crippen molar-refractivity contribution in [3.63, 3.8) is 0 Å². The molecule has 1 amide bonds. The van der Waals surface area contributed by atoms with Crippen molar-refractivity contribution in [3.8, 4) is 0 Å². The number of hydrogen-bond donors (Lipinski definition) is 1. The number of carbonyl (C=O) groups excluding carboxylic acids is 2. The molecule has 1 aromatic heterocycles. The number of amides is 1. The van der Waals surface area contributed by atoms with Gasteiger partial charge in [0.2, 0.25) is 10.0 Å². The molecule has 1 fully saturated rings. The van der Waals surface area contributed by atoms with E-state index in [2.05, 4.69) is 16.9 Å². The van der Waals surface area contributed by atoms with Gasteiger partial charge in [0.05, 0.1) is 5.92 Å². The van der Waals surface area contributed by atoms with Crippen LogP contribution in [0.3, 0.4) is 0 Å². The van der Waals surface area contributed by atoms with Gasteiger partial charge < -0.3 is 10.1 Å². The Labute approximate surface area is 146 Å². The summed E-state index contributed by atoms with van der Waals surface area (Å²) in [5.74, 6) is -1.29. The normalized spacial score (nSPS) is 16.2. The van der Waals surface area contributed by atoms with Crippen molar-refractivity contribution in [3.05, 3.63) is 37.2 Å². The van der Waals surface area contributed by atoms with Crippen LogP contribution < -0.4 is 5.32 Å². The zero-order chi connectivity index (χ0) is 18.3. The number of nitrogens with zero attached hydrogens (tertiary/aromatic N) is 2. The van der Waals surface area contributed by atoms with Gasteiger partial charge in [-0.1, -0.05) is 6.08 Å². The molecule has 1 saturated heterocycles. The fourth-order valence-corrected chi connectivity index (χ4v) is 3.91. The van der Waals surface area contributed by atoms with E-state index in [0.29, 0.717) is 19.4 Å². The van der Waals surface area contributed by atoms with Crippen LogP contribution in [0, 0.1) is 5.92 Å². The minimum absolute atomic E-state index is 0.134. The molecule has 25 heavy (non-hydrogen) atoms. The molecular formula is C16H21N3O5S. The Kier molecular flexibility index (Phi) is 6.65. The molecule has 0 spiro atoms. The molecule has 0 aromatic carbocycles. The third-order valence-corrected chi connectivity index (χ3v) is 5.73. The lowest BCUT2D eigenvalue weighted by atomic mass is 9.98. The highest BCUT2D eigenvalue weighted by atomic mass is 32.2. The molecule has 0 radical (unpaired) electrons. The molecule has 0 aliphatic carbocycles. The third-order valence-electron chi connectivity index (χ3n) is 3.85. The summed E-state index contributed by atoms with van der Waals surface area (Å²) >= 11 is 0. The van der Waals surface area contributed by atoms with Crippen LogP contribution in [0.5, 0.6) is 0 Å². The molecule has 136 valence electrons. The van der Waals surface area contributed by atoms with Crippen LogP contribution in [-0.4, -0.2) is 55.8 Å². The molecule has 1 N–H and O–H groups in total. The molecule has 1 aromatic rings. The largest absolute Gasteiger partial charge is 0.455 e. The number of esters is 1. The van der Waals surface area contributed by atoms with Crippen LogP contribution in [-0.2, 0) is 24.3 Å². The van der Waals surface area contributed by atoms with E-state index in [-0.39, 0.29) is 24.6 Å². The van der Waals surface area contributed by atoms with E-state index in [1.807, 2.05) is 0 Å². The van der Waals surface area contributed by atoms with E-state index in [9.17, 15) is 18.0 Å². The number of hydrogen-bond acceptors (Lipinski definition) is 6. The van der Waals surface area contributed by atoms with Crippen molar-refractivity contribution in [2.45, 2.75) is 17.7 Å². The second-order valence-corrected chi connectivity index (χ2v) is 7.51. The topological polar surface area (TPSA) is 106 Å². The highest BCUT2D eigenvalue weighted by Gasteiger charge is 2.33. The fraction of sp³-hybridized carbons (Fsp3) is 0.438. The average Bonchev–Trinajstić information content (AvgIpc) is 2.65. The Morgan fingerprint density at radius 2 is 2.12 bits per heavy atom. The van der Waals surface area contributed by atoms with Crippen molar-refractivity contribution < 1.29 is 22.7 Å². The number of pyridine rings is 1. The summed E-state index contributed by atoms with van der Waals surface area (Å²) in [6.07, 6.45) is 5.04. The van der Waals surface area contributed by atoms with Gasteiger partial charge in [0.15, 0.2) is 6.61 Å². The zero-order valence-electron chi connectivity index (χ0n) is 13.8. The zero-order valence-corrected chi connectivity index (χ0v) is 14.6. The quantitative estimate of drug-likeness (QED) is 0.550. The number of rotatable bonds is 7. The lowest BCUT2D eigenvalue weighted by molar-refractivity contribution is -0.153. The van der Waals surface area contributed by atoms with Crippen molar-refractivity contribution in [2.24, 2.45) is 5.92 Å². The Morgan fingerprint density at radius 1 is 1.40 bits per heavy atom. The fourth-order valence-electron chi connectivity index (χ4n) is 2.47. The Hall–Kier alpha value is -2.26. The minimum Gasteiger partial charge on any atom is -0.455 e. The highest BCUT2D eigenvalue weighted by molar-refractivity contribution is 7.89. The van der Waals surface area contributed by atoms with Crippen LogP contribution in [0.2, 0.25) is 0 Å². The van der Waals surface area contributed by atoms with Crippen LogP contribution in [0.25, 0.3) is 0 Å². The molecular weight excluding hydrogens is 346 g/mol. The first-order valence-electron chi connectivity index (χ1n) is 7.89. The summed E-state index contributed by atoms with van der Waals surface area (Å²) in [4.78, 5) is 27.4. The molecule has 2 rings (SSSR count). The summed E-state index contributed by atoms with van der Waals surface area (Å²) < 4.78 is 31.3. The Morgan fingerprint density at radius 3 is 2.72 bits per heavy atom. The van der Waals surface area contributed by atoms with Crippen LogP contribution in [0.4, 0.5) is 0 Å². The number of aromatic nitrogens is 1.